The number of ether oxygens (including phenoxy) is 1. The molecule has 0 spiro atoms. The smallest absolute Gasteiger partial charge is 0.376 e. The highest BCUT2D eigenvalue weighted by Crippen LogP contribution is 2.23. The van der Waals surface area contributed by atoms with Crippen LogP contribution in [-0.4, -0.2) is 73.5 Å². The van der Waals surface area contributed by atoms with Crippen LogP contribution in [0.15, 0.2) is 53.3 Å². The maximum absolute atomic E-state index is 12.1. The molecule has 2 aliphatic heterocycles. The van der Waals surface area contributed by atoms with Crippen molar-refractivity contribution in [2.75, 3.05) is 13.2 Å². The maximum Gasteiger partial charge on any atom is 0.376 e. The number of imide groups is 2. The van der Waals surface area contributed by atoms with E-state index in [4.69, 9.17) is 12.2 Å². The Bertz CT molecular complexity index is 1590. The van der Waals surface area contributed by atoms with Gasteiger partial charge in [0.2, 0.25) is 0 Å². The van der Waals surface area contributed by atoms with Gasteiger partial charge in [0.25, 0.3) is 35.0 Å². The van der Waals surface area contributed by atoms with Crippen LogP contribution in [0.25, 0.3) is 0 Å². The van der Waals surface area contributed by atoms with Crippen LogP contribution in [0.1, 0.15) is 68.9 Å². The number of fused-ring (bicyclic) bond motifs is 2. The minimum atomic E-state index is -1.04. The predicted molar refractivity (Wildman–Crippen MR) is 148 cm³/mol. The zero-order valence-electron chi connectivity index (χ0n) is 20.3. The minimum absolute atomic E-state index is 0. The topological polar surface area (TPSA) is 180 Å². The quantitative estimate of drug-likeness (QED) is 0.190. The number of hydrogen-bond acceptors (Lipinski definition) is 10. The summed E-state index contributed by atoms with van der Waals surface area (Å²) in [5, 5.41) is 6.18. The lowest BCUT2D eigenvalue weighted by molar-refractivity contribution is -0.153. The Morgan fingerprint density at radius 3 is 1.66 bits per heavy atom. The van der Waals surface area contributed by atoms with Crippen LogP contribution in [0.5, 0.6) is 0 Å². The van der Waals surface area contributed by atoms with Gasteiger partial charge in [0.1, 0.15) is 5.69 Å². The standard InChI is InChI=1S/C13H11NO5.C12H8N4O3S.2CH4/c1-2-19-13(18)10(15)7-14-11(16)8-5-3-4-6-9(8)12(14)17;17-9-8(14-15-12(20)13-9)5-16-10(18)6-3-1-2-4-7(6)11(16)19;;/h3-6H,2,7H2,1H3;1-4H,5H2,(H2,13,15,17,20);2*1H4. The van der Waals surface area contributed by atoms with Gasteiger partial charge in [-0.3, -0.25) is 48.6 Å². The molecule has 1 aromatic heterocycles. The van der Waals surface area contributed by atoms with Gasteiger partial charge < -0.3 is 4.74 Å². The highest BCUT2D eigenvalue weighted by atomic mass is 32.1. The van der Waals surface area contributed by atoms with Gasteiger partial charge in [-0.1, -0.05) is 39.1 Å². The molecule has 3 heterocycles. The van der Waals surface area contributed by atoms with Gasteiger partial charge in [-0.2, -0.15) is 5.10 Å². The number of rotatable bonds is 6. The Labute approximate surface area is 239 Å². The maximum atomic E-state index is 12.1. The number of carbonyl (C=O) groups excluding carboxylic acids is 6. The Kier molecular flexibility index (Phi) is 10.4. The van der Waals surface area contributed by atoms with Crippen molar-refractivity contribution in [2.24, 2.45) is 0 Å². The molecule has 0 saturated carbocycles. The zero-order chi connectivity index (χ0) is 28.3. The van der Waals surface area contributed by atoms with Crippen molar-refractivity contribution in [3.63, 3.8) is 0 Å². The van der Waals surface area contributed by atoms with Gasteiger partial charge >= 0.3 is 5.97 Å². The van der Waals surface area contributed by atoms with Crippen LogP contribution in [0.2, 0.25) is 0 Å². The molecule has 2 aliphatic rings. The lowest BCUT2D eigenvalue weighted by atomic mass is 10.1. The summed E-state index contributed by atoms with van der Waals surface area (Å²) in [5.41, 5.74) is 0.641. The Morgan fingerprint density at radius 1 is 0.805 bits per heavy atom. The van der Waals surface area contributed by atoms with E-state index in [0.717, 1.165) is 9.80 Å². The minimum Gasteiger partial charge on any atom is -0.460 e. The first kappa shape index (κ1) is 32.1. The molecule has 13 nitrogen and oxygen atoms in total. The van der Waals surface area contributed by atoms with Gasteiger partial charge in [0.05, 0.1) is 42.0 Å². The van der Waals surface area contributed by atoms with Crippen LogP contribution in [-0.2, 0) is 20.9 Å². The SMILES string of the molecule is C.C.CCOC(=O)C(=O)CN1C(=O)c2ccccc2C1=O.O=C1c2ccccc2C(=O)N1Cc1n[nH]c(=S)[nH]c1=O. The second-order valence-electron chi connectivity index (χ2n) is 8.08. The number of hydrogen-bond donors (Lipinski definition) is 2. The zero-order valence-corrected chi connectivity index (χ0v) is 21.1. The molecule has 0 bridgehead atoms. The van der Waals surface area contributed by atoms with Gasteiger partial charge in [-0.25, -0.2) is 4.79 Å². The van der Waals surface area contributed by atoms with Crippen molar-refractivity contribution >= 4 is 47.6 Å². The predicted octanol–water partition coefficient (Wildman–Crippen LogP) is 2.31. The molecular weight excluding hydrogens is 554 g/mol. The highest BCUT2D eigenvalue weighted by molar-refractivity contribution is 7.71. The van der Waals surface area contributed by atoms with Crippen molar-refractivity contribution in [3.05, 3.63) is 91.6 Å². The van der Waals surface area contributed by atoms with Crippen LogP contribution >= 0.6 is 12.2 Å². The fourth-order valence-electron chi connectivity index (χ4n) is 3.81. The molecule has 3 aromatic rings. The van der Waals surface area contributed by atoms with E-state index in [1.165, 1.54) is 12.1 Å². The van der Waals surface area contributed by atoms with Gasteiger partial charge in [0.15, 0.2) is 4.77 Å². The molecule has 0 radical (unpaired) electrons. The number of Topliss-reactive ketones (excluding diaryl/α,β-unsaturated/α-hetero) is 1. The Balaban J connectivity index is 0.000000274. The van der Waals surface area contributed by atoms with Gasteiger partial charge in [-0.05, 0) is 43.4 Å². The van der Waals surface area contributed by atoms with E-state index in [9.17, 15) is 33.6 Å². The van der Waals surface area contributed by atoms with E-state index in [1.54, 1.807) is 43.3 Å². The van der Waals surface area contributed by atoms with E-state index >= 15 is 0 Å². The summed E-state index contributed by atoms with van der Waals surface area (Å²) in [6, 6.07) is 12.8. The first-order valence-electron chi connectivity index (χ1n) is 11.4. The number of aromatic amines is 2. The molecule has 0 fully saturated rings. The molecule has 14 heteroatoms. The molecule has 2 aromatic carbocycles. The third kappa shape index (κ3) is 6.38. The average Bonchev–Trinajstić information content (AvgIpc) is 3.31. The molecule has 214 valence electrons. The largest absolute Gasteiger partial charge is 0.460 e. The van der Waals surface area contributed by atoms with E-state index in [2.05, 4.69) is 19.9 Å². The number of H-pyrrole nitrogens is 2. The number of nitrogens with one attached hydrogen (secondary N) is 2. The fraction of sp³-hybridized carbons (Fsp3) is 0.222. The molecular formula is C27H27N5O8S. The summed E-state index contributed by atoms with van der Waals surface area (Å²) in [7, 11) is 0. The van der Waals surface area contributed by atoms with Crippen molar-refractivity contribution in [3.8, 4) is 0 Å². The second kappa shape index (κ2) is 13.3. The van der Waals surface area contributed by atoms with Crippen LogP contribution < -0.4 is 5.56 Å². The first-order valence-corrected chi connectivity index (χ1v) is 11.8. The molecule has 41 heavy (non-hydrogen) atoms. The highest BCUT2D eigenvalue weighted by Gasteiger charge is 2.38. The number of ketones is 1. The Morgan fingerprint density at radius 2 is 1.24 bits per heavy atom. The van der Waals surface area contributed by atoms with Crippen molar-refractivity contribution in [1.29, 1.82) is 0 Å². The summed E-state index contributed by atoms with van der Waals surface area (Å²) in [5.74, 6) is -3.98. The van der Waals surface area contributed by atoms with E-state index in [1.807, 2.05) is 0 Å². The summed E-state index contributed by atoms with van der Waals surface area (Å²) in [6.45, 7) is 0.832. The average molecular weight is 582 g/mol. The molecule has 5 rings (SSSR count). The molecule has 0 aliphatic carbocycles. The normalized spacial score (nSPS) is 12.9. The van der Waals surface area contributed by atoms with Crippen LogP contribution in [0.3, 0.4) is 0 Å². The molecule has 4 amide bonds. The second-order valence-corrected chi connectivity index (χ2v) is 8.49. The monoisotopic (exact) mass is 581 g/mol. The number of nitrogens with zero attached hydrogens (tertiary/aromatic N) is 3. The third-order valence-corrected chi connectivity index (χ3v) is 5.84. The van der Waals surface area contributed by atoms with E-state index < -0.39 is 47.5 Å². The lowest BCUT2D eigenvalue weighted by Gasteiger charge is -2.11. The molecule has 0 atom stereocenters. The number of carbonyl (C=O) groups is 6. The van der Waals surface area contributed by atoms with E-state index in [-0.39, 0.29) is 49.6 Å². The number of benzene rings is 2. The fourth-order valence-corrected chi connectivity index (χ4v) is 3.95. The summed E-state index contributed by atoms with van der Waals surface area (Å²) in [4.78, 5) is 86.6. The number of amides is 4. The van der Waals surface area contributed by atoms with E-state index in [0.29, 0.717) is 11.1 Å². The molecule has 2 N–H and O–H groups in total. The summed E-state index contributed by atoms with van der Waals surface area (Å²) in [6.07, 6.45) is 0. The Hall–Kier alpha value is -5.11. The number of aromatic nitrogens is 3. The van der Waals surface area contributed by atoms with Crippen molar-refractivity contribution in [1.82, 2.24) is 25.0 Å². The van der Waals surface area contributed by atoms with Crippen molar-refractivity contribution < 1.29 is 33.5 Å². The van der Waals surface area contributed by atoms with Gasteiger partial charge in [0, 0.05) is 0 Å². The van der Waals surface area contributed by atoms with Crippen LogP contribution in [0.4, 0.5) is 0 Å². The third-order valence-electron chi connectivity index (χ3n) is 5.65. The summed E-state index contributed by atoms with van der Waals surface area (Å²) >= 11 is 4.72. The number of esters is 1. The lowest BCUT2D eigenvalue weighted by Crippen LogP contribution is -2.38. The van der Waals surface area contributed by atoms with Crippen molar-refractivity contribution in [2.45, 2.75) is 28.3 Å². The summed E-state index contributed by atoms with van der Waals surface area (Å²) < 4.78 is 4.61. The first-order chi connectivity index (χ1) is 18.6. The van der Waals surface area contributed by atoms with Crippen LogP contribution in [0, 0.1) is 4.77 Å². The van der Waals surface area contributed by atoms with Gasteiger partial charge in [-0.15, -0.1) is 0 Å². The molecule has 0 unspecified atom stereocenters. The molecule has 0 saturated heterocycles.